The van der Waals surface area contributed by atoms with Gasteiger partial charge in [0.05, 0.1) is 4.92 Å². The summed E-state index contributed by atoms with van der Waals surface area (Å²) in [6.45, 7) is -0.00933. The van der Waals surface area contributed by atoms with Gasteiger partial charge in [-0.1, -0.05) is 5.16 Å². The molecule has 1 aromatic heterocycles. The predicted octanol–water partition coefficient (Wildman–Crippen LogP) is 1.06. The number of oxime groups is 1. The molecule has 2 rings (SSSR count). The maximum atomic E-state index is 11.0. The van der Waals surface area contributed by atoms with Gasteiger partial charge >= 0.3 is 5.69 Å². The minimum Gasteiger partial charge on any atom is -0.479 e. The summed E-state index contributed by atoms with van der Waals surface area (Å²) in [5, 5.41) is 22.4. The molecule has 0 saturated carbocycles. The SMILES string of the molecule is NC(=NO)c1ccc(OCc2ncccn2)c([N+](=O)[O-])c1. The van der Waals surface area contributed by atoms with E-state index in [0.29, 0.717) is 5.82 Å². The number of hydrogen-bond donors (Lipinski definition) is 2. The monoisotopic (exact) mass is 289 g/mol. The summed E-state index contributed by atoms with van der Waals surface area (Å²) >= 11 is 0. The Morgan fingerprint density at radius 2 is 2.14 bits per heavy atom. The maximum Gasteiger partial charge on any atom is 0.311 e. The van der Waals surface area contributed by atoms with Gasteiger partial charge in [-0.3, -0.25) is 10.1 Å². The summed E-state index contributed by atoms with van der Waals surface area (Å²) in [5.74, 6) is 0.213. The molecule has 108 valence electrons. The van der Waals surface area contributed by atoms with Gasteiger partial charge in [0.25, 0.3) is 0 Å². The molecule has 0 fully saturated rings. The molecule has 0 spiro atoms. The molecular weight excluding hydrogens is 278 g/mol. The highest BCUT2D eigenvalue weighted by Gasteiger charge is 2.17. The first kappa shape index (κ1) is 14.2. The summed E-state index contributed by atoms with van der Waals surface area (Å²) in [6.07, 6.45) is 3.09. The van der Waals surface area contributed by atoms with Crippen molar-refractivity contribution in [2.75, 3.05) is 0 Å². The van der Waals surface area contributed by atoms with Gasteiger partial charge in [0.2, 0.25) is 0 Å². The second kappa shape index (κ2) is 6.28. The van der Waals surface area contributed by atoms with Crippen LogP contribution in [0.25, 0.3) is 0 Å². The van der Waals surface area contributed by atoms with Crippen LogP contribution in [-0.2, 0) is 6.61 Å². The van der Waals surface area contributed by atoms with E-state index in [9.17, 15) is 10.1 Å². The Kier molecular flexibility index (Phi) is 4.24. The lowest BCUT2D eigenvalue weighted by atomic mass is 10.1. The quantitative estimate of drug-likeness (QED) is 0.276. The third-order valence-electron chi connectivity index (χ3n) is 2.54. The van der Waals surface area contributed by atoms with E-state index in [2.05, 4.69) is 15.1 Å². The Morgan fingerprint density at radius 1 is 1.43 bits per heavy atom. The molecule has 9 nitrogen and oxygen atoms in total. The second-order valence-electron chi connectivity index (χ2n) is 3.88. The van der Waals surface area contributed by atoms with Gasteiger partial charge in [-0.25, -0.2) is 9.97 Å². The summed E-state index contributed by atoms with van der Waals surface area (Å²) in [7, 11) is 0. The van der Waals surface area contributed by atoms with E-state index in [1.807, 2.05) is 0 Å². The number of nitrogens with zero attached hydrogens (tertiary/aromatic N) is 4. The highest BCUT2D eigenvalue weighted by molar-refractivity contribution is 5.97. The van der Waals surface area contributed by atoms with Crippen molar-refractivity contribution in [1.29, 1.82) is 0 Å². The third-order valence-corrected chi connectivity index (χ3v) is 2.54. The van der Waals surface area contributed by atoms with Gasteiger partial charge in [0.15, 0.2) is 17.4 Å². The molecule has 0 unspecified atom stereocenters. The molecule has 0 amide bonds. The van der Waals surface area contributed by atoms with Gasteiger partial charge in [-0.2, -0.15) is 0 Å². The number of nitro benzene ring substituents is 1. The van der Waals surface area contributed by atoms with Gasteiger partial charge in [0.1, 0.15) is 6.61 Å². The predicted molar refractivity (Wildman–Crippen MR) is 72.0 cm³/mol. The van der Waals surface area contributed by atoms with E-state index >= 15 is 0 Å². The van der Waals surface area contributed by atoms with Crippen molar-refractivity contribution in [3.8, 4) is 5.75 Å². The fourth-order valence-electron chi connectivity index (χ4n) is 1.55. The van der Waals surface area contributed by atoms with Gasteiger partial charge in [0, 0.05) is 24.0 Å². The Balaban J connectivity index is 2.25. The lowest BCUT2D eigenvalue weighted by molar-refractivity contribution is -0.386. The molecule has 0 aliphatic rings. The topological polar surface area (TPSA) is 137 Å². The van der Waals surface area contributed by atoms with E-state index in [-0.39, 0.29) is 29.4 Å². The standard InChI is InChI=1S/C12H11N5O4/c13-12(16-18)8-2-3-10(9(6-8)17(19)20)21-7-11-14-4-1-5-15-11/h1-6,18H,7H2,(H2,13,16). The Labute approximate surface area is 118 Å². The number of aromatic nitrogens is 2. The normalized spacial score (nSPS) is 11.1. The summed E-state index contributed by atoms with van der Waals surface area (Å²) in [5.41, 5.74) is 5.31. The minimum atomic E-state index is -0.616. The molecule has 1 heterocycles. The average Bonchev–Trinajstić information content (AvgIpc) is 2.52. The molecular formula is C12H11N5O4. The van der Waals surface area contributed by atoms with E-state index in [0.717, 1.165) is 6.07 Å². The van der Waals surface area contributed by atoms with Crippen LogP contribution in [0.2, 0.25) is 0 Å². The van der Waals surface area contributed by atoms with Crippen molar-refractivity contribution >= 4 is 11.5 Å². The van der Waals surface area contributed by atoms with Crippen molar-refractivity contribution in [3.63, 3.8) is 0 Å². The van der Waals surface area contributed by atoms with Crippen LogP contribution in [0.5, 0.6) is 5.75 Å². The highest BCUT2D eigenvalue weighted by atomic mass is 16.6. The fraction of sp³-hybridized carbons (Fsp3) is 0.0833. The number of nitrogens with two attached hydrogens (primary N) is 1. The number of hydrogen-bond acceptors (Lipinski definition) is 7. The molecule has 0 radical (unpaired) electrons. The zero-order chi connectivity index (χ0) is 15.2. The molecule has 0 atom stereocenters. The number of rotatable bonds is 5. The van der Waals surface area contributed by atoms with E-state index in [1.165, 1.54) is 12.1 Å². The van der Waals surface area contributed by atoms with E-state index < -0.39 is 4.92 Å². The first-order chi connectivity index (χ1) is 10.1. The van der Waals surface area contributed by atoms with Gasteiger partial charge in [-0.15, -0.1) is 0 Å². The third kappa shape index (κ3) is 3.41. The number of amidine groups is 1. The molecule has 1 aromatic carbocycles. The summed E-state index contributed by atoms with van der Waals surface area (Å²) < 4.78 is 5.34. The van der Waals surface area contributed by atoms with Gasteiger partial charge < -0.3 is 15.7 Å². The van der Waals surface area contributed by atoms with Crippen molar-refractivity contribution < 1.29 is 14.9 Å². The largest absolute Gasteiger partial charge is 0.479 e. The van der Waals surface area contributed by atoms with Crippen LogP contribution in [0.15, 0.2) is 41.8 Å². The summed E-state index contributed by atoms with van der Waals surface area (Å²) in [4.78, 5) is 18.3. The van der Waals surface area contributed by atoms with Crippen LogP contribution in [0.3, 0.4) is 0 Å². The highest BCUT2D eigenvalue weighted by Crippen LogP contribution is 2.28. The maximum absolute atomic E-state index is 11.0. The number of ether oxygens (including phenoxy) is 1. The Hall–Kier alpha value is -3.23. The number of benzene rings is 1. The lowest BCUT2D eigenvalue weighted by Gasteiger charge is -2.07. The van der Waals surface area contributed by atoms with Crippen molar-refractivity contribution in [3.05, 3.63) is 58.2 Å². The van der Waals surface area contributed by atoms with Crippen LogP contribution in [-0.4, -0.2) is 25.9 Å². The zero-order valence-electron chi connectivity index (χ0n) is 10.7. The molecule has 0 aliphatic carbocycles. The van der Waals surface area contributed by atoms with Gasteiger partial charge in [-0.05, 0) is 18.2 Å². The molecule has 0 saturated heterocycles. The first-order valence-corrected chi connectivity index (χ1v) is 5.77. The van der Waals surface area contributed by atoms with Crippen molar-refractivity contribution in [2.24, 2.45) is 10.9 Å². The Morgan fingerprint density at radius 3 is 2.76 bits per heavy atom. The lowest BCUT2D eigenvalue weighted by Crippen LogP contribution is -2.13. The summed E-state index contributed by atoms with van der Waals surface area (Å²) in [6, 6.07) is 5.63. The van der Waals surface area contributed by atoms with Crippen LogP contribution >= 0.6 is 0 Å². The molecule has 2 aromatic rings. The van der Waals surface area contributed by atoms with Crippen molar-refractivity contribution in [2.45, 2.75) is 6.61 Å². The molecule has 21 heavy (non-hydrogen) atoms. The van der Waals surface area contributed by atoms with Crippen LogP contribution < -0.4 is 10.5 Å². The Bertz CT molecular complexity index is 675. The first-order valence-electron chi connectivity index (χ1n) is 5.77. The molecule has 3 N–H and O–H groups in total. The van der Waals surface area contributed by atoms with Crippen LogP contribution in [0, 0.1) is 10.1 Å². The van der Waals surface area contributed by atoms with Crippen LogP contribution in [0.1, 0.15) is 11.4 Å². The van der Waals surface area contributed by atoms with Crippen molar-refractivity contribution in [1.82, 2.24) is 9.97 Å². The average molecular weight is 289 g/mol. The van der Waals surface area contributed by atoms with E-state index in [1.54, 1.807) is 18.5 Å². The number of nitro groups is 1. The van der Waals surface area contributed by atoms with E-state index in [4.69, 9.17) is 15.7 Å². The fourth-order valence-corrected chi connectivity index (χ4v) is 1.55. The molecule has 0 aliphatic heterocycles. The zero-order valence-corrected chi connectivity index (χ0v) is 10.7. The smallest absolute Gasteiger partial charge is 0.311 e. The second-order valence-corrected chi connectivity index (χ2v) is 3.88. The molecule has 0 bridgehead atoms. The minimum absolute atomic E-state index is 0.00933. The molecule has 9 heteroatoms. The van der Waals surface area contributed by atoms with Crippen LogP contribution in [0.4, 0.5) is 5.69 Å².